The zero-order valence-electron chi connectivity index (χ0n) is 7.23. The number of carbonyl (C=O) groups is 2. The number of benzene rings is 1. The fourth-order valence-corrected chi connectivity index (χ4v) is 1.01. The van der Waals surface area contributed by atoms with Crippen molar-refractivity contribution in [3.8, 4) is 6.07 Å². The normalized spacial score (nSPS) is 9.07. The Morgan fingerprint density at radius 3 is 2.71 bits per heavy atom. The number of hydrogen-bond donors (Lipinski definition) is 1. The molecule has 0 radical (unpaired) electrons. The minimum Gasteiger partial charge on any atom is -0.475 e. The number of carboxylic acids is 1. The van der Waals surface area contributed by atoms with E-state index in [9.17, 15) is 9.59 Å². The fraction of sp³-hybridized carbons (Fsp3) is 0.100. The second kappa shape index (κ2) is 4.19. The number of rotatable bonds is 3. The van der Waals surface area contributed by atoms with Crippen LogP contribution in [-0.2, 0) is 16.0 Å². The van der Waals surface area contributed by atoms with Gasteiger partial charge in [-0.2, -0.15) is 5.26 Å². The molecule has 0 saturated carbocycles. The molecule has 1 aromatic rings. The summed E-state index contributed by atoms with van der Waals surface area (Å²) in [5, 5.41) is 16.9. The van der Waals surface area contributed by atoms with E-state index >= 15 is 0 Å². The molecule has 0 spiro atoms. The Morgan fingerprint density at radius 1 is 1.43 bits per heavy atom. The van der Waals surface area contributed by atoms with Gasteiger partial charge >= 0.3 is 5.97 Å². The molecule has 1 rings (SSSR count). The SMILES string of the molecule is N#Cc1cccc(CC(=O)C(=O)O)c1. The van der Waals surface area contributed by atoms with Gasteiger partial charge in [-0.25, -0.2) is 4.79 Å². The molecular formula is C10H7NO3. The number of carboxylic acid groups (broad SMARTS) is 1. The summed E-state index contributed by atoms with van der Waals surface area (Å²) >= 11 is 0. The lowest BCUT2D eigenvalue weighted by Crippen LogP contribution is -2.14. The standard InChI is InChI=1S/C10H7NO3/c11-6-8-3-1-2-7(4-8)5-9(12)10(13)14/h1-4H,5H2,(H,13,14). The first kappa shape index (κ1) is 9.93. The van der Waals surface area contributed by atoms with Crippen LogP contribution in [0.5, 0.6) is 0 Å². The van der Waals surface area contributed by atoms with Crippen LogP contribution in [-0.4, -0.2) is 16.9 Å². The maximum Gasteiger partial charge on any atom is 0.372 e. The first-order chi connectivity index (χ1) is 6.63. The summed E-state index contributed by atoms with van der Waals surface area (Å²) in [7, 11) is 0. The van der Waals surface area contributed by atoms with Crippen LogP contribution < -0.4 is 0 Å². The Hall–Kier alpha value is -2.15. The van der Waals surface area contributed by atoms with E-state index in [1.807, 2.05) is 6.07 Å². The Kier molecular flexibility index (Phi) is 2.97. The smallest absolute Gasteiger partial charge is 0.372 e. The van der Waals surface area contributed by atoms with E-state index < -0.39 is 11.8 Å². The van der Waals surface area contributed by atoms with Crippen LogP contribution in [0, 0.1) is 11.3 Å². The third-order valence-electron chi connectivity index (χ3n) is 1.66. The monoisotopic (exact) mass is 189 g/mol. The Balaban J connectivity index is 2.83. The molecule has 14 heavy (non-hydrogen) atoms. The number of carbonyl (C=O) groups excluding carboxylic acids is 1. The van der Waals surface area contributed by atoms with Crippen LogP contribution in [0.4, 0.5) is 0 Å². The molecule has 4 nitrogen and oxygen atoms in total. The molecule has 0 bridgehead atoms. The summed E-state index contributed by atoms with van der Waals surface area (Å²) in [6.07, 6.45) is -0.176. The number of hydrogen-bond acceptors (Lipinski definition) is 3. The second-order valence-electron chi connectivity index (χ2n) is 2.72. The first-order valence-corrected chi connectivity index (χ1v) is 3.88. The zero-order chi connectivity index (χ0) is 10.6. The summed E-state index contributed by atoms with van der Waals surface area (Å²) in [5.41, 5.74) is 0.956. The predicted octanol–water partition coefficient (Wildman–Crippen LogP) is 0.754. The van der Waals surface area contributed by atoms with Gasteiger partial charge < -0.3 is 5.11 Å². The van der Waals surface area contributed by atoms with Crippen LogP contribution in [0.3, 0.4) is 0 Å². The molecule has 70 valence electrons. The lowest BCUT2D eigenvalue weighted by atomic mass is 10.1. The molecule has 0 saturated heterocycles. The number of ketones is 1. The molecule has 0 aliphatic carbocycles. The Labute approximate surface area is 80.4 Å². The molecule has 0 aliphatic rings. The molecule has 0 aliphatic heterocycles. The van der Waals surface area contributed by atoms with Gasteiger partial charge in [-0.3, -0.25) is 4.79 Å². The van der Waals surface area contributed by atoms with E-state index in [0.29, 0.717) is 11.1 Å². The lowest BCUT2D eigenvalue weighted by molar-refractivity contribution is -0.148. The summed E-state index contributed by atoms with van der Waals surface area (Å²) in [4.78, 5) is 21.1. The van der Waals surface area contributed by atoms with Crippen LogP contribution in [0.25, 0.3) is 0 Å². The van der Waals surface area contributed by atoms with Gasteiger partial charge in [-0.15, -0.1) is 0 Å². The van der Waals surface area contributed by atoms with Crippen LogP contribution in [0.2, 0.25) is 0 Å². The van der Waals surface area contributed by atoms with Crippen molar-refractivity contribution >= 4 is 11.8 Å². The van der Waals surface area contributed by atoms with Gasteiger partial charge in [0.25, 0.3) is 0 Å². The minimum atomic E-state index is -1.45. The molecule has 0 atom stereocenters. The van der Waals surface area contributed by atoms with E-state index in [-0.39, 0.29) is 6.42 Å². The van der Waals surface area contributed by atoms with E-state index in [1.54, 1.807) is 18.2 Å². The predicted molar refractivity (Wildman–Crippen MR) is 47.5 cm³/mol. The summed E-state index contributed by atoms with van der Waals surface area (Å²) in [6, 6.07) is 8.23. The number of nitrogens with zero attached hydrogens (tertiary/aromatic N) is 1. The van der Waals surface area contributed by atoms with E-state index in [1.165, 1.54) is 6.07 Å². The van der Waals surface area contributed by atoms with Gasteiger partial charge in [0, 0.05) is 6.42 Å². The fourth-order valence-electron chi connectivity index (χ4n) is 1.01. The minimum absolute atomic E-state index is 0.176. The van der Waals surface area contributed by atoms with Crippen molar-refractivity contribution in [3.05, 3.63) is 35.4 Å². The molecule has 0 amide bonds. The van der Waals surface area contributed by atoms with E-state index in [2.05, 4.69) is 0 Å². The third-order valence-corrected chi connectivity index (χ3v) is 1.66. The Morgan fingerprint density at radius 2 is 2.14 bits per heavy atom. The molecule has 1 N–H and O–H groups in total. The van der Waals surface area contributed by atoms with Crippen molar-refractivity contribution in [1.29, 1.82) is 5.26 Å². The van der Waals surface area contributed by atoms with Crippen molar-refractivity contribution in [2.24, 2.45) is 0 Å². The van der Waals surface area contributed by atoms with Gasteiger partial charge in [0.1, 0.15) is 0 Å². The lowest BCUT2D eigenvalue weighted by Gasteiger charge is -1.97. The van der Waals surface area contributed by atoms with Gasteiger partial charge in [-0.1, -0.05) is 12.1 Å². The van der Waals surface area contributed by atoms with Gasteiger partial charge in [-0.05, 0) is 17.7 Å². The average Bonchev–Trinajstić information content (AvgIpc) is 2.18. The van der Waals surface area contributed by atoms with Crippen molar-refractivity contribution in [2.75, 3.05) is 0 Å². The highest BCUT2D eigenvalue weighted by atomic mass is 16.4. The summed E-state index contributed by atoms with van der Waals surface area (Å²) in [6.45, 7) is 0. The van der Waals surface area contributed by atoms with E-state index in [4.69, 9.17) is 10.4 Å². The number of aliphatic carboxylic acids is 1. The number of Topliss-reactive ketones (excluding diaryl/α,β-unsaturated/α-hetero) is 1. The van der Waals surface area contributed by atoms with Crippen molar-refractivity contribution in [1.82, 2.24) is 0 Å². The highest BCUT2D eigenvalue weighted by molar-refractivity contribution is 6.33. The first-order valence-electron chi connectivity index (χ1n) is 3.88. The van der Waals surface area contributed by atoms with Gasteiger partial charge in [0.2, 0.25) is 5.78 Å². The molecule has 0 fully saturated rings. The molecule has 0 aromatic heterocycles. The topological polar surface area (TPSA) is 78.2 Å². The van der Waals surface area contributed by atoms with Crippen molar-refractivity contribution in [3.63, 3.8) is 0 Å². The van der Waals surface area contributed by atoms with Crippen LogP contribution in [0.1, 0.15) is 11.1 Å². The molecule has 1 aromatic carbocycles. The summed E-state index contributed by atoms with van der Waals surface area (Å²) < 4.78 is 0. The molecule has 0 unspecified atom stereocenters. The maximum atomic E-state index is 10.8. The largest absolute Gasteiger partial charge is 0.475 e. The molecule has 4 heteroatoms. The summed E-state index contributed by atoms with van der Waals surface area (Å²) in [5.74, 6) is -2.33. The maximum absolute atomic E-state index is 10.8. The second-order valence-corrected chi connectivity index (χ2v) is 2.72. The third kappa shape index (κ3) is 2.42. The average molecular weight is 189 g/mol. The highest BCUT2D eigenvalue weighted by Gasteiger charge is 2.11. The van der Waals surface area contributed by atoms with Gasteiger partial charge in [0.15, 0.2) is 0 Å². The molecular weight excluding hydrogens is 182 g/mol. The van der Waals surface area contributed by atoms with Crippen LogP contribution in [0.15, 0.2) is 24.3 Å². The van der Waals surface area contributed by atoms with Crippen LogP contribution >= 0.6 is 0 Å². The van der Waals surface area contributed by atoms with Crippen molar-refractivity contribution in [2.45, 2.75) is 6.42 Å². The molecule has 0 heterocycles. The highest BCUT2D eigenvalue weighted by Crippen LogP contribution is 2.05. The Bertz CT molecular complexity index is 418. The van der Waals surface area contributed by atoms with Gasteiger partial charge in [0.05, 0.1) is 11.6 Å². The van der Waals surface area contributed by atoms with E-state index in [0.717, 1.165) is 0 Å². The quantitative estimate of drug-likeness (QED) is 0.712. The van der Waals surface area contributed by atoms with Crippen molar-refractivity contribution < 1.29 is 14.7 Å². The zero-order valence-corrected chi connectivity index (χ0v) is 7.23. The number of nitriles is 1.